The fourth-order valence-corrected chi connectivity index (χ4v) is 1.69. The molecule has 0 aliphatic rings. The number of aliphatic carboxylic acids is 1. The molecule has 12 heavy (non-hydrogen) atoms. The molecule has 0 aromatic carbocycles. The van der Waals surface area contributed by atoms with Crippen molar-refractivity contribution in [2.24, 2.45) is 5.92 Å². The van der Waals surface area contributed by atoms with Crippen LogP contribution in [0.5, 0.6) is 0 Å². The van der Waals surface area contributed by atoms with Crippen molar-refractivity contribution >= 4 is 17.7 Å². The highest BCUT2D eigenvalue weighted by Gasteiger charge is 2.21. The molecule has 1 atom stereocenters. The Balaban J connectivity index is 3.72. The van der Waals surface area contributed by atoms with E-state index in [1.165, 1.54) is 11.8 Å². The summed E-state index contributed by atoms with van der Waals surface area (Å²) in [5.74, 6) is -0.145. The van der Waals surface area contributed by atoms with Crippen LogP contribution >= 0.6 is 11.8 Å². The molecule has 0 aromatic heterocycles. The Morgan fingerprint density at radius 2 is 2.17 bits per heavy atom. The molecule has 0 aromatic rings. The van der Waals surface area contributed by atoms with Gasteiger partial charge in [-0.15, -0.1) is 11.8 Å². The van der Waals surface area contributed by atoms with E-state index in [0.29, 0.717) is 12.5 Å². The van der Waals surface area contributed by atoms with E-state index in [0.717, 1.165) is 0 Å². The summed E-state index contributed by atoms with van der Waals surface area (Å²) in [7, 11) is 0. The van der Waals surface area contributed by atoms with Gasteiger partial charge in [-0.3, -0.25) is 4.79 Å². The van der Waals surface area contributed by atoms with Crippen molar-refractivity contribution in [3.8, 4) is 0 Å². The van der Waals surface area contributed by atoms with Crippen LogP contribution in [0.2, 0.25) is 0 Å². The highest BCUT2D eigenvalue weighted by Crippen LogP contribution is 2.19. The fraction of sp³-hybridized carbons (Fsp3) is 0.875. The van der Waals surface area contributed by atoms with Crippen molar-refractivity contribution in [3.05, 3.63) is 0 Å². The second-order valence-corrected chi connectivity index (χ2v) is 3.86. The Morgan fingerprint density at radius 1 is 1.58 bits per heavy atom. The van der Waals surface area contributed by atoms with E-state index in [2.05, 4.69) is 0 Å². The Labute approximate surface area is 77.5 Å². The highest BCUT2D eigenvalue weighted by molar-refractivity contribution is 8.00. The van der Waals surface area contributed by atoms with Crippen LogP contribution in [0, 0.1) is 5.92 Å². The molecule has 0 bridgehead atoms. The first kappa shape index (κ1) is 11.8. The molecule has 0 spiro atoms. The number of carboxylic acid groups (broad SMARTS) is 1. The molecule has 1 N–H and O–H groups in total. The monoisotopic (exact) mass is 192 g/mol. The summed E-state index contributed by atoms with van der Waals surface area (Å²) in [4.78, 5) is 10.7. The zero-order valence-electron chi connectivity index (χ0n) is 7.74. The van der Waals surface area contributed by atoms with Crippen molar-refractivity contribution in [2.45, 2.75) is 26.0 Å². The first-order valence-electron chi connectivity index (χ1n) is 4.01. The lowest BCUT2D eigenvalue weighted by atomic mass is 10.1. The van der Waals surface area contributed by atoms with Crippen LogP contribution in [-0.2, 0) is 9.53 Å². The summed E-state index contributed by atoms with van der Waals surface area (Å²) in [6.45, 7) is 6.33. The number of carbonyl (C=O) groups is 1. The second-order valence-electron chi connectivity index (χ2n) is 2.78. The first-order valence-corrected chi connectivity index (χ1v) is 5.06. The number of thioether (sulfide) groups is 1. The molecule has 1 unspecified atom stereocenters. The van der Waals surface area contributed by atoms with E-state index >= 15 is 0 Å². The lowest BCUT2D eigenvalue weighted by molar-refractivity contribution is -0.137. The maximum atomic E-state index is 10.7. The van der Waals surface area contributed by atoms with Gasteiger partial charge in [0.15, 0.2) is 0 Å². The van der Waals surface area contributed by atoms with Crippen molar-refractivity contribution < 1.29 is 14.6 Å². The van der Waals surface area contributed by atoms with Gasteiger partial charge in [0, 0.05) is 6.61 Å². The molecule has 0 saturated heterocycles. The van der Waals surface area contributed by atoms with E-state index in [9.17, 15) is 4.79 Å². The summed E-state index contributed by atoms with van der Waals surface area (Å²) in [5, 5.41) is 8.42. The Bertz CT molecular complexity index is 136. The number of carboxylic acids is 1. The van der Waals surface area contributed by atoms with Gasteiger partial charge >= 0.3 is 5.97 Å². The molecule has 0 radical (unpaired) electrons. The number of ether oxygens (including phenoxy) is 1. The molecule has 3 nitrogen and oxygen atoms in total. The van der Waals surface area contributed by atoms with E-state index < -0.39 is 5.97 Å². The summed E-state index contributed by atoms with van der Waals surface area (Å²) < 4.78 is 5.06. The molecule has 4 heteroatoms. The van der Waals surface area contributed by atoms with Gasteiger partial charge in [-0.25, -0.2) is 0 Å². The van der Waals surface area contributed by atoms with Crippen molar-refractivity contribution in [1.29, 1.82) is 0 Å². The zero-order valence-corrected chi connectivity index (χ0v) is 8.56. The molecule has 0 aliphatic heterocycles. The molecule has 0 saturated carbocycles. The number of hydrogen-bond acceptors (Lipinski definition) is 3. The Kier molecular flexibility index (Phi) is 6.20. The Morgan fingerprint density at radius 3 is 2.50 bits per heavy atom. The zero-order chi connectivity index (χ0) is 9.56. The van der Waals surface area contributed by atoms with Gasteiger partial charge in [0.05, 0.1) is 5.94 Å². The van der Waals surface area contributed by atoms with Crippen molar-refractivity contribution in [3.63, 3.8) is 0 Å². The third-order valence-corrected chi connectivity index (χ3v) is 2.79. The first-order chi connectivity index (χ1) is 5.59. The maximum Gasteiger partial charge on any atom is 0.316 e. The van der Waals surface area contributed by atoms with Crippen LogP contribution in [0.25, 0.3) is 0 Å². The van der Waals surface area contributed by atoms with E-state index in [-0.39, 0.29) is 11.2 Å². The smallest absolute Gasteiger partial charge is 0.316 e. The summed E-state index contributed by atoms with van der Waals surface area (Å²) in [6, 6.07) is 0. The predicted molar refractivity (Wildman–Crippen MR) is 50.3 cm³/mol. The minimum absolute atomic E-state index is 0.146. The minimum Gasteiger partial charge on any atom is -0.480 e. The lowest BCUT2D eigenvalue weighted by Crippen LogP contribution is -2.23. The fourth-order valence-electron chi connectivity index (χ4n) is 0.754. The van der Waals surface area contributed by atoms with Gasteiger partial charge in [0.2, 0.25) is 0 Å². The van der Waals surface area contributed by atoms with Gasteiger partial charge in [0.1, 0.15) is 5.25 Å². The lowest BCUT2D eigenvalue weighted by Gasteiger charge is -2.14. The quantitative estimate of drug-likeness (QED) is 0.515. The largest absolute Gasteiger partial charge is 0.480 e. The van der Waals surface area contributed by atoms with Crippen LogP contribution < -0.4 is 0 Å². The molecule has 0 heterocycles. The van der Waals surface area contributed by atoms with Crippen LogP contribution in [0.1, 0.15) is 20.8 Å². The van der Waals surface area contributed by atoms with Gasteiger partial charge in [-0.2, -0.15) is 0 Å². The predicted octanol–water partition coefficient (Wildman–Crippen LogP) is 1.82. The molecular formula is C8H16O3S. The van der Waals surface area contributed by atoms with Crippen LogP contribution in [-0.4, -0.2) is 28.9 Å². The molecule has 72 valence electrons. The number of hydrogen-bond donors (Lipinski definition) is 1. The van der Waals surface area contributed by atoms with Crippen LogP contribution in [0.15, 0.2) is 0 Å². The topological polar surface area (TPSA) is 46.5 Å². The normalized spacial score (nSPS) is 13.3. The van der Waals surface area contributed by atoms with E-state index in [1.54, 1.807) is 0 Å². The van der Waals surface area contributed by atoms with Gasteiger partial charge in [-0.05, 0) is 12.8 Å². The summed E-state index contributed by atoms with van der Waals surface area (Å²) in [6.07, 6.45) is 0. The average molecular weight is 192 g/mol. The van der Waals surface area contributed by atoms with Gasteiger partial charge < -0.3 is 9.84 Å². The Hall–Kier alpha value is -0.220. The van der Waals surface area contributed by atoms with Gasteiger partial charge in [-0.1, -0.05) is 13.8 Å². The number of rotatable bonds is 6. The van der Waals surface area contributed by atoms with Crippen molar-refractivity contribution in [1.82, 2.24) is 0 Å². The summed E-state index contributed by atoms with van der Waals surface area (Å²) in [5.41, 5.74) is 0. The van der Waals surface area contributed by atoms with Crippen molar-refractivity contribution in [2.75, 3.05) is 12.5 Å². The second kappa shape index (κ2) is 6.31. The average Bonchev–Trinajstić information content (AvgIpc) is 1.96. The van der Waals surface area contributed by atoms with Crippen LogP contribution in [0.3, 0.4) is 0 Å². The van der Waals surface area contributed by atoms with E-state index in [1.807, 2.05) is 20.8 Å². The molecule has 0 aliphatic carbocycles. The molecular weight excluding hydrogens is 176 g/mol. The minimum atomic E-state index is -0.755. The molecule has 0 fully saturated rings. The summed E-state index contributed by atoms with van der Waals surface area (Å²) >= 11 is 1.34. The molecule has 0 amide bonds. The van der Waals surface area contributed by atoms with E-state index in [4.69, 9.17) is 9.84 Å². The van der Waals surface area contributed by atoms with Crippen LogP contribution in [0.4, 0.5) is 0 Å². The molecule has 0 rings (SSSR count). The third-order valence-electron chi connectivity index (χ3n) is 1.38. The SMILES string of the molecule is CCOCSC(C(=O)O)C(C)C. The highest BCUT2D eigenvalue weighted by atomic mass is 32.2. The van der Waals surface area contributed by atoms with Gasteiger partial charge in [0.25, 0.3) is 0 Å². The third kappa shape index (κ3) is 4.62. The maximum absolute atomic E-state index is 10.7. The standard InChI is InChI=1S/C8H16O3S/c1-4-11-5-12-7(6(2)3)8(9)10/h6-7H,4-5H2,1-3H3,(H,9,10).